The van der Waals surface area contributed by atoms with Gasteiger partial charge in [-0.3, -0.25) is 9.59 Å². The minimum absolute atomic E-state index is 0.198. The summed E-state index contributed by atoms with van der Waals surface area (Å²) in [4.78, 5) is 31.1. The fourth-order valence-corrected chi connectivity index (χ4v) is 4.79. The number of ether oxygens (including phenoxy) is 2. The molecule has 0 spiro atoms. The van der Waals surface area contributed by atoms with E-state index in [1.165, 1.54) is 0 Å². The van der Waals surface area contributed by atoms with Crippen molar-refractivity contribution in [2.75, 3.05) is 44.8 Å². The van der Waals surface area contributed by atoms with Gasteiger partial charge in [0.05, 0.1) is 19.2 Å². The molecule has 33 heavy (non-hydrogen) atoms. The number of hydrogen-bond acceptors (Lipinski definition) is 5. The number of piperazine rings is 1. The summed E-state index contributed by atoms with van der Waals surface area (Å²) in [7, 11) is 1.60. The van der Waals surface area contributed by atoms with Crippen molar-refractivity contribution in [1.82, 2.24) is 9.47 Å². The van der Waals surface area contributed by atoms with Gasteiger partial charge < -0.3 is 23.8 Å². The molecule has 0 atom stereocenters. The van der Waals surface area contributed by atoms with Crippen LogP contribution >= 0.6 is 0 Å². The van der Waals surface area contributed by atoms with Crippen LogP contribution in [0, 0.1) is 0 Å². The van der Waals surface area contributed by atoms with Crippen LogP contribution < -0.4 is 19.9 Å². The Hall–Kier alpha value is -3.48. The van der Waals surface area contributed by atoms with Gasteiger partial charge >= 0.3 is 0 Å². The third-order valence-corrected chi connectivity index (χ3v) is 6.58. The zero-order valence-electron chi connectivity index (χ0n) is 19.0. The Morgan fingerprint density at radius 1 is 0.939 bits per heavy atom. The first-order valence-corrected chi connectivity index (χ1v) is 11.6. The van der Waals surface area contributed by atoms with Gasteiger partial charge in [-0.1, -0.05) is 18.2 Å². The summed E-state index contributed by atoms with van der Waals surface area (Å²) in [6.45, 7) is 3.79. The molecule has 7 nitrogen and oxygen atoms in total. The van der Waals surface area contributed by atoms with Gasteiger partial charge in [-0.15, -0.1) is 0 Å². The third-order valence-electron chi connectivity index (χ3n) is 6.58. The lowest BCUT2D eigenvalue weighted by molar-refractivity contribution is 0.0744. The molecule has 3 heterocycles. The van der Waals surface area contributed by atoms with Gasteiger partial charge in [0, 0.05) is 43.8 Å². The predicted octanol–water partition coefficient (Wildman–Crippen LogP) is 3.54. The maximum Gasteiger partial charge on any atom is 0.264 e. The van der Waals surface area contributed by atoms with E-state index in [2.05, 4.69) is 17.0 Å². The van der Waals surface area contributed by atoms with E-state index < -0.39 is 0 Å². The highest BCUT2D eigenvalue weighted by Crippen LogP contribution is 2.36. The molecule has 5 rings (SSSR count). The fourth-order valence-electron chi connectivity index (χ4n) is 4.79. The van der Waals surface area contributed by atoms with E-state index >= 15 is 0 Å². The third kappa shape index (κ3) is 4.03. The molecule has 0 aliphatic carbocycles. The lowest BCUT2D eigenvalue weighted by Crippen LogP contribution is -2.50. The second-order valence-corrected chi connectivity index (χ2v) is 8.57. The smallest absolute Gasteiger partial charge is 0.264 e. The summed E-state index contributed by atoms with van der Waals surface area (Å²) < 4.78 is 13.3. The van der Waals surface area contributed by atoms with Crippen molar-refractivity contribution in [3.63, 3.8) is 0 Å². The van der Waals surface area contributed by atoms with Crippen LogP contribution in [0.15, 0.2) is 53.3 Å². The number of amides is 1. The second-order valence-electron chi connectivity index (χ2n) is 8.57. The molecule has 172 valence electrons. The molecule has 1 amide bonds. The van der Waals surface area contributed by atoms with Gasteiger partial charge in [0.25, 0.3) is 11.5 Å². The van der Waals surface area contributed by atoms with Gasteiger partial charge in [0.15, 0.2) is 11.5 Å². The lowest BCUT2D eigenvalue weighted by atomic mass is 10.1. The molecule has 1 fully saturated rings. The number of anilines is 1. The molecule has 1 aromatic heterocycles. The average Bonchev–Trinajstić information content (AvgIpc) is 2.98. The molecule has 1 saturated heterocycles. The Morgan fingerprint density at radius 3 is 2.48 bits per heavy atom. The van der Waals surface area contributed by atoms with Crippen LogP contribution in [0.3, 0.4) is 0 Å². The van der Waals surface area contributed by atoms with E-state index in [4.69, 9.17) is 9.47 Å². The number of methoxy groups -OCH3 is 1. The summed E-state index contributed by atoms with van der Waals surface area (Å²) in [5.74, 6) is 0.995. The number of aryl methyl sites for hydroxylation is 1. The van der Waals surface area contributed by atoms with Crippen LogP contribution in [0.1, 0.15) is 29.6 Å². The Bertz CT molecular complexity index is 1210. The number of aromatic nitrogens is 1. The number of nitrogens with zero attached hydrogens (tertiary/aromatic N) is 3. The Morgan fingerprint density at radius 2 is 1.73 bits per heavy atom. The van der Waals surface area contributed by atoms with E-state index in [0.717, 1.165) is 43.4 Å². The molecular formula is C26H29N3O4. The highest BCUT2D eigenvalue weighted by molar-refractivity contribution is 5.99. The quantitative estimate of drug-likeness (QED) is 0.615. The van der Waals surface area contributed by atoms with Crippen LogP contribution in [-0.4, -0.2) is 55.3 Å². The first kappa shape index (κ1) is 21.4. The van der Waals surface area contributed by atoms with Gasteiger partial charge in [-0.05, 0) is 49.6 Å². The standard InChI is InChI=1S/C26H29N3O4/c1-32-22-11-10-19-18-21(26(31)29-12-6-3-7-17-33-24(22)23(19)29)25(30)28-15-13-27(14-16-28)20-8-4-2-5-9-20/h2,4-5,8-11,18H,3,6-7,12-17H2,1H3. The lowest BCUT2D eigenvalue weighted by Gasteiger charge is -2.36. The zero-order chi connectivity index (χ0) is 22.8. The number of benzene rings is 2. The number of hydrogen-bond donors (Lipinski definition) is 0. The van der Waals surface area contributed by atoms with Crippen molar-refractivity contribution in [1.29, 1.82) is 0 Å². The summed E-state index contributed by atoms with van der Waals surface area (Å²) in [5.41, 5.74) is 1.85. The molecule has 0 bridgehead atoms. The van der Waals surface area contributed by atoms with Gasteiger partial charge in [-0.2, -0.15) is 0 Å². The Balaban J connectivity index is 1.48. The summed E-state index contributed by atoms with van der Waals surface area (Å²) in [5, 5.41) is 0.818. The Labute approximate surface area is 193 Å². The number of para-hydroxylation sites is 1. The van der Waals surface area contributed by atoms with Crippen LogP contribution in [0.25, 0.3) is 10.9 Å². The van der Waals surface area contributed by atoms with Crippen molar-refractivity contribution in [3.8, 4) is 11.5 Å². The van der Waals surface area contributed by atoms with Gasteiger partial charge in [-0.25, -0.2) is 0 Å². The maximum absolute atomic E-state index is 13.6. The topological polar surface area (TPSA) is 64.0 Å². The van der Waals surface area contributed by atoms with E-state index in [1.807, 2.05) is 30.3 Å². The molecule has 2 aliphatic heterocycles. The van der Waals surface area contributed by atoms with Crippen LogP contribution in [0.4, 0.5) is 5.69 Å². The molecule has 3 aromatic rings. The summed E-state index contributed by atoms with van der Waals surface area (Å²) in [6, 6.07) is 15.7. The highest BCUT2D eigenvalue weighted by atomic mass is 16.5. The van der Waals surface area contributed by atoms with Crippen LogP contribution in [-0.2, 0) is 6.54 Å². The average molecular weight is 448 g/mol. The van der Waals surface area contributed by atoms with E-state index in [9.17, 15) is 9.59 Å². The molecule has 0 N–H and O–H groups in total. The van der Waals surface area contributed by atoms with Crippen molar-refractivity contribution in [2.24, 2.45) is 0 Å². The molecule has 2 aromatic carbocycles. The monoisotopic (exact) mass is 447 g/mol. The first-order chi connectivity index (χ1) is 16.2. The molecule has 0 saturated carbocycles. The van der Waals surface area contributed by atoms with E-state index in [0.29, 0.717) is 43.3 Å². The maximum atomic E-state index is 13.6. The zero-order valence-corrected chi connectivity index (χ0v) is 19.0. The van der Waals surface area contributed by atoms with Gasteiger partial charge in [0.2, 0.25) is 0 Å². The van der Waals surface area contributed by atoms with Crippen LogP contribution in [0.2, 0.25) is 0 Å². The van der Waals surface area contributed by atoms with E-state index in [-0.39, 0.29) is 17.0 Å². The first-order valence-electron chi connectivity index (χ1n) is 11.6. The highest BCUT2D eigenvalue weighted by Gasteiger charge is 2.27. The predicted molar refractivity (Wildman–Crippen MR) is 129 cm³/mol. The Kier molecular flexibility index (Phi) is 5.94. The van der Waals surface area contributed by atoms with Crippen molar-refractivity contribution >= 4 is 22.5 Å². The largest absolute Gasteiger partial charge is 0.493 e. The number of carbonyl (C=O) groups is 1. The SMILES string of the molecule is COc1ccc2cc(C(=O)N3CCN(c4ccccc4)CC3)c(=O)n3c2c1OCCCCC3. The number of rotatable bonds is 3. The van der Waals surface area contributed by atoms with Gasteiger partial charge in [0.1, 0.15) is 5.56 Å². The molecule has 2 aliphatic rings. The normalized spacial score (nSPS) is 16.5. The van der Waals surface area contributed by atoms with Crippen molar-refractivity contribution in [2.45, 2.75) is 25.8 Å². The second kappa shape index (κ2) is 9.17. The molecule has 0 unspecified atom stereocenters. The molecule has 0 radical (unpaired) electrons. The van der Waals surface area contributed by atoms with Crippen molar-refractivity contribution in [3.05, 3.63) is 64.4 Å². The van der Waals surface area contributed by atoms with Crippen molar-refractivity contribution < 1.29 is 14.3 Å². The number of pyridine rings is 1. The van der Waals surface area contributed by atoms with Crippen LogP contribution in [0.5, 0.6) is 11.5 Å². The summed E-state index contributed by atoms with van der Waals surface area (Å²) in [6.07, 6.45) is 2.74. The molecule has 7 heteroatoms. The fraction of sp³-hybridized carbons (Fsp3) is 0.385. The minimum Gasteiger partial charge on any atom is -0.493 e. The minimum atomic E-state index is -0.252. The van der Waals surface area contributed by atoms with E-state index in [1.54, 1.807) is 22.6 Å². The number of carbonyl (C=O) groups excluding carboxylic acids is 1. The summed E-state index contributed by atoms with van der Waals surface area (Å²) >= 11 is 0. The molecular weight excluding hydrogens is 418 g/mol.